The van der Waals surface area contributed by atoms with E-state index < -0.39 is 58.4 Å². The number of nitrogens with zero attached hydrogens (tertiary/aromatic N) is 4. The summed E-state index contributed by atoms with van der Waals surface area (Å²) in [6, 6.07) is 10.5. The number of benzene rings is 2. The van der Waals surface area contributed by atoms with Crippen LogP contribution in [0.1, 0.15) is 47.0 Å². The molecule has 1 aromatic heterocycles. The van der Waals surface area contributed by atoms with E-state index in [1.807, 2.05) is 0 Å². The highest BCUT2D eigenvalue weighted by atomic mass is 35.5. The molecule has 7 N–H and O–H groups in total. The van der Waals surface area contributed by atoms with Crippen LogP contribution in [0.15, 0.2) is 64.3 Å². The number of nitrogens with two attached hydrogens (primary N) is 1. The number of carboxylic acid groups (broad SMARTS) is 2. The number of nitrogens with one attached hydrogen (secondary N) is 1. The van der Waals surface area contributed by atoms with Crippen molar-refractivity contribution in [2.45, 2.75) is 30.7 Å². The molecule has 54 heavy (non-hydrogen) atoms. The average Bonchev–Trinajstić information content (AvgIpc) is 3.80. The molecule has 0 saturated carbocycles. The second-order valence-corrected chi connectivity index (χ2v) is 15.4. The number of rotatable bonds is 15. The third-order valence-corrected chi connectivity index (χ3v) is 12.1. The van der Waals surface area contributed by atoms with Gasteiger partial charge in [-0.25, -0.2) is 14.6 Å². The van der Waals surface area contributed by atoms with Crippen molar-refractivity contribution in [1.29, 1.82) is 0 Å². The van der Waals surface area contributed by atoms with Crippen molar-refractivity contribution in [2.75, 3.05) is 44.2 Å². The SMILES string of the molecule is Nc1nc(/C(=N/O[C@H](C(=O)O)c2ccccc2)C(=O)C[C@@H]2C(=O)N3C(C(=O)O)=C(C[N+]4(CCNC(=O)c5ccc(O)c(O)c5Cl)CCCC4)CS[C@H]23)cs1. The van der Waals surface area contributed by atoms with Gasteiger partial charge in [0, 0.05) is 41.5 Å². The molecule has 2 saturated heterocycles. The molecule has 6 rings (SSSR count). The van der Waals surface area contributed by atoms with Crippen LogP contribution in [0.5, 0.6) is 11.5 Å². The Balaban J connectivity index is 1.16. The highest BCUT2D eigenvalue weighted by Gasteiger charge is 2.55. The molecular weight excluding hydrogens is 764 g/mol. The number of ketones is 1. The van der Waals surface area contributed by atoms with Crippen LogP contribution in [0.25, 0.3) is 0 Å². The first kappa shape index (κ1) is 38.6. The number of likely N-dealkylation sites (tertiary alicyclic amines) is 1. The van der Waals surface area contributed by atoms with Gasteiger partial charge in [-0.1, -0.05) is 47.1 Å². The zero-order valence-electron chi connectivity index (χ0n) is 28.5. The van der Waals surface area contributed by atoms with Gasteiger partial charge >= 0.3 is 11.9 Å². The van der Waals surface area contributed by atoms with Gasteiger partial charge in [0.1, 0.15) is 17.9 Å². The molecule has 3 aliphatic rings. The number of oxime groups is 1. The molecule has 2 aromatic carbocycles. The zero-order chi connectivity index (χ0) is 38.7. The Labute approximate surface area is 321 Å². The smallest absolute Gasteiger partial charge is 0.352 e. The van der Waals surface area contributed by atoms with Crippen LogP contribution in [-0.4, -0.2) is 114 Å². The van der Waals surface area contributed by atoms with Crippen molar-refractivity contribution in [3.63, 3.8) is 0 Å². The number of fused-ring (bicyclic) bond motifs is 1. The van der Waals surface area contributed by atoms with Crippen LogP contribution in [0.4, 0.5) is 5.13 Å². The predicted octanol–water partition coefficient (Wildman–Crippen LogP) is 3.21. The van der Waals surface area contributed by atoms with E-state index in [-0.39, 0.29) is 51.3 Å². The second-order valence-electron chi connectivity index (χ2n) is 13.1. The van der Waals surface area contributed by atoms with E-state index in [0.717, 1.165) is 43.3 Å². The lowest BCUT2D eigenvalue weighted by atomic mass is 9.89. The maximum atomic E-state index is 13.7. The van der Waals surface area contributed by atoms with Gasteiger partial charge in [0.15, 0.2) is 28.1 Å². The summed E-state index contributed by atoms with van der Waals surface area (Å²) in [5, 5.41) is 47.1. The lowest BCUT2D eigenvalue weighted by molar-refractivity contribution is -0.911. The maximum absolute atomic E-state index is 13.7. The number of quaternary nitrogens is 1. The summed E-state index contributed by atoms with van der Waals surface area (Å²) in [4.78, 5) is 75.7. The van der Waals surface area contributed by atoms with Crippen LogP contribution >= 0.6 is 34.7 Å². The van der Waals surface area contributed by atoms with E-state index >= 15 is 0 Å². The van der Waals surface area contributed by atoms with E-state index in [9.17, 15) is 44.4 Å². The number of anilines is 1. The fourth-order valence-electron chi connectivity index (χ4n) is 6.96. The molecule has 0 aliphatic carbocycles. The molecule has 0 spiro atoms. The summed E-state index contributed by atoms with van der Waals surface area (Å²) in [7, 11) is 0. The number of phenolic OH excluding ortho intramolecular Hbond substituents is 2. The topological polar surface area (TPSA) is 242 Å². The van der Waals surface area contributed by atoms with Crippen LogP contribution in [-0.2, 0) is 24.0 Å². The number of hydrogen-bond acceptors (Lipinski definition) is 13. The van der Waals surface area contributed by atoms with E-state index in [1.165, 1.54) is 40.2 Å². The average molecular weight is 800 g/mol. The van der Waals surface area contributed by atoms with Crippen molar-refractivity contribution in [3.05, 3.63) is 81.0 Å². The third-order valence-electron chi connectivity index (χ3n) is 9.62. The fourth-order valence-corrected chi connectivity index (χ4v) is 9.15. The second kappa shape index (κ2) is 16.1. The summed E-state index contributed by atoms with van der Waals surface area (Å²) in [6.07, 6.45) is -0.117. The first-order valence-corrected chi connectivity index (χ1v) is 19.1. The number of amides is 2. The minimum atomic E-state index is -1.54. The van der Waals surface area contributed by atoms with E-state index in [2.05, 4.69) is 15.5 Å². The van der Waals surface area contributed by atoms with Gasteiger partial charge < -0.3 is 40.8 Å². The van der Waals surface area contributed by atoms with E-state index in [4.69, 9.17) is 22.2 Å². The predicted molar refractivity (Wildman–Crippen MR) is 198 cm³/mol. The summed E-state index contributed by atoms with van der Waals surface area (Å²) >= 11 is 8.44. The Morgan fingerprint density at radius 1 is 1.11 bits per heavy atom. The van der Waals surface area contributed by atoms with Gasteiger partial charge in [-0.2, -0.15) is 0 Å². The maximum Gasteiger partial charge on any atom is 0.352 e. The van der Waals surface area contributed by atoms with Gasteiger partial charge in [0.25, 0.3) is 5.91 Å². The molecule has 2 amide bonds. The Bertz CT molecular complexity index is 2050. The number of halogens is 1. The number of aromatic hydroxyl groups is 2. The molecule has 0 unspecified atom stereocenters. The first-order valence-electron chi connectivity index (χ1n) is 16.8. The third kappa shape index (κ3) is 7.87. The van der Waals surface area contributed by atoms with Crippen molar-refractivity contribution in [3.8, 4) is 11.5 Å². The molecule has 3 aromatic rings. The van der Waals surface area contributed by atoms with Gasteiger partial charge in [-0.15, -0.1) is 23.1 Å². The molecule has 3 aliphatic heterocycles. The quantitative estimate of drug-likeness (QED) is 0.0426. The number of thiazole rings is 1. The largest absolute Gasteiger partial charge is 0.504 e. The minimum absolute atomic E-state index is 0.00635. The monoisotopic (exact) mass is 799 g/mol. The van der Waals surface area contributed by atoms with Crippen LogP contribution in [0.2, 0.25) is 5.02 Å². The molecule has 0 bridgehead atoms. The fraction of sp³-hybridized carbons (Fsp3) is 0.343. The number of carboxylic acids is 2. The van der Waals surface area contributed by atoms with Crippen molar-refractivity contribution >= 4 is 75.1 Å². The van der Waals surface area contributed by atoms with Gasteiger partial charge in [-0.05, 0) is 12.1 Å². The number of carbonyl (C=O) groups is 5. The highest BCUT2D eigenvalue weighted by molar-refractivity contribution is 8.00. The molecule has 0 radical (unpaired) electrons. The van der Waals surface area contributed by atoms with E-state index in [1.54, 1.807) is 18.2 Å². The number of phenols is 2. The lowest BCUT2D eigenvalue weighted by Crippen LogP contribution is -2.63. The molecule has 19 heteroatoms. The van der Waals surface area contributed by atoms with Crippen molar-refractivity contribution in [1.82, 2.24) is 15.2 Å². The van der Waals surface area contributed by atoms with Crippen molar-refractivity contribution < 1.29 is 53.7 Å². The van der Waals surface area contributed by atoms with Crippen LogP contribution < -0.4 is 11.1 Å². The number of aliphatic carboxylic acids is 2. The Morgan fingerprint density at radius 3 is 2.48 bits per heavy atom. The number of carbonyl (C=O) groups excluding carboxylic acids is 3. The van der Waals surface area contributed by atoms with Crippen LogP contribution in [0.3, 0.4) is 0 Å². The number of thioether (sulfide) groups is 1. The summed E-state index contributed by atoms with van der Waals surface area (Å²) < 4.78 is 0.479. The first-order chi connectivity index (χ1) is 25.8. The number of aromatic nitrogens is 1. The number of nitrogen functional groups attached to an aromatic ring is 1. The van der Waals surface area contributed by atoms with E-state index in [0.29, 0.717) is 28.9 Å². The normalized spacial score (nSPS) is 19.8. The van der Waals surface area contributed by atoms with Gasteiger partial charge in [0.05, 0.1) is 48.1 Å². The highest BCUT2D eigenvalue weighted by Crippen LogP contribution is 2.46. The van der Waals surface area contributed by atoms with Gasteiger partial charge in [0.2, 0.25) is 12.0 Å². The van der Waals surface area contributed by atoms with Crippen LogP contribution in [0, 0.1) is 5.92 Å². The van der Waals surface area contributed by atoms with Crippen molar-refractivity contribution in [2.24, 2.45) is 11.1 Å². The number of Topliss-reactive ketones (excluding diaryl/α,β-unsaturated/α-hetero) is 1. The molecular formula is C35H36ClN6O10S2+. The molecule has 284 valence electrons. The summed E-state index contributed by atoms with van der Waals surface area (Å²) in [5.41, 5.74) is 6.26. The molecule has 2 fully saturated rings. The molecule has 4 heterocycles. The summed E-state index contributed by atoms with van der Waals surface area (Å²) in [5.74, 6) is -6.01. The molecule has 16 nitrogen and oxygen atoms in total. The summed E-state index contributed by atoms with van der Waals surface area (Å²) in [6.45, 7) is 2.46. The van der Waals surface area contributed by atoms with Gasteiger partial charge in [-0.3, -0.25) is 19.3 Å². The zero-order valence-corrected chi connectivity index (χ0v) is 30.9. The Hall–Kier alpha value is -5.17. The lowest BCUT2D eigenvalue weighted by Gasteiger charge is -2.50. The minimum Gasteiger partial charge on any atom is -0.504 e. The number of hydrogen-bond donors (Lipinski definition) is 6. The molecule has 3 atom stereocenters. The number of β-lactam (4-membered cyclic amide) rings is 1. The Kier molecular flexibility index (Phi) is 11.5. The Morgan fingerprint density at radius 2 is 1.83 bits per heavy atom. The standard InChI is InChI=1S/C35H35ClN6O10S2/c36-25-20(8-9-23(43)28(25)45)30(46)38-10-13-42(11-4-5-12-42)15-19-16-53-32-21(31(47)41(32)27(19)33(48)49)14-24(44)26(22-17-54-35(37)39-22)40-52-29(34(50)51)18-6-2-1-3-7-18/h1-3,6-9,17,21,29,32H,4-5,10-16H2,(H6-,37,38,39,40,43,44,45,46,48,49,50,51)/p+1/t21-,29+,32-/m1/s1.